The normalized spacial score (nSPS) is 18.5. The number of fused-ring (bicyclic) bond motifs is 1. The van der Waals surface area contributed by atoms with Gasteiger partial charge in [-0.15, -0.1) is 11.3 Å². The minimum atomic E-state index is -0.0559. The maximum Gasteiger partial charge on any atom is 0.290 e. The van der Waals surface area contributed by atoms with Crippen LogP contribution in [-0.4, -0.2) is 22.3 Å². The Labute approximate surface area is 146 Å². The van der Waals surface area contributed by atoms with Gasteiger partial charge < -0.3 is 9.32 Å². The first-order valence-electron chi connectivity index (χ1n) is 7.64. The zero-order valence-electron chi connectivity index (χ0n) is 12.4. The zero-order chi connectivity index (χ0) is 15.8. The van der Waals surface area contributed by atoms with E-state index < -0.39 is 0 Å². The number of benzene rings is 1. The summed E-state index contributed by atoms with van der Waals surface area (Å²) in [4.78, 5) is 19.5. The highest BCUT2D eigenvalue weighted by Crippen LogP contribution is 2.36. The Bertz CT molecular complexity index is 824. The molecule has 1 aromatic carbocycles. The van der Waals surface area contributed by atoms with Crippen molar-refractivity contribution in [2.45, 2.75) is 25.3 Å². The molecular weight excluding hydrogens is 376 g/mol. The SMILES string of the molecule is O=C(c1ccc(Br)o1)N1CCCC[C@H]1c1nc2ccccc2s1. The maximum atomic E-state index is 12.8. The quantitative estimate of drug-likeness (QED) is 0.616. The van der Waals surface area contributed by atoms with Crippen LogP contribution in [0.5, 0.6) is 0 Å². The van der Waals surface area contributed by atoms with Gasteiger partial charge in [0.2, 0.25) is 0 Å². The van der Waals surface area contributed by atoms with Gasteiger partial charge >= 0.3 is 0 Å². The fraction of sp³-hybridized carbons (Fsp3) is 0.294. The molecule has 3 heterocycles. The summed E-state index contributed by atoms with van der Waals surface area (Å²) in [5, 5.41) is 1.02. The van der Waals surface area contributed by atoms with Crippen molar-refractivity contribution in [3.8, 4) is 0 Å². The highest BCUT2D eigenvalue weighted by molar-refractivity contribution is 9.10. The number of carbonyl (C=O) groups excluding carboxylic acids is 1. The van der Waals surface area contributed by atoms with Crippen molar-refractivity contribution in [1.82, 2.24) is 9.88 Å². The number of thiazole rings is 1. The van der Waals surface area contributed by atoms with E-state index >= 15 is 0 Å². The van der Waals surface area contributed by atoms with Crippen molar-refractivity contribution in [1.29, 1.82) is 0 Å². The summed E-state index contributed by atoms with van der Waals surface area (Å²) >= 11 is 4.94. The molecule has 1 aliphatic rings. The Morgan fingerprint density at radius 3 is 2.91 bits per heavy atom. The van der Waals surface area contributed by atoms with Crippen LogP contribution in [0.1, 0.15) is 40.9 Å². The molecule has 0 N–H and O–H groups in total. The van der Waals surface area contributed by atoms with Crippen LogP contribution in [-0.2, 0) is 0 Å². The van der Waals surface area contributed by atoms with Crippen LogP contribution in [0.15, 0.2) is 45.5 Å². The van der Waals surface area contributed by atoms with Gasteiger partial charge in [0.1, 0.15) is 5.01 Å². The highest BCUT2D eigenvalue weighted by Gasteiger charge is 2.32. The van der Waals surface area contributed by atoms with E-state index in [9.17, 15) is 4.79 Å². The molecule has 0 aliphatic carbocycles. The number of piperidine rings is 1. The molecule has 0 saturated carbocycles. The Morgan fingerprint density at radius 1 is 1.26 bits per heavy atom. The summed E-state index contributed by atoms with van der Waals surface area (Å²) in [6.07, 6.45) is 3.09. The van der Waals surface area contributed by atoms with E-state index in [1.165, 1.54) is 4.70 Å². The van der Waals surface area contributed by atoms with Gasteiger partial charge in [0.25, 0.3) is 5.91 Å². The number of carbonyl (C=O) groups is 1. The summed E-state index contributed by atoms with van der Waals surface area (Å²) in [7, 11) is 0. The van der Waals surface area contributed by atoms with Crippen LogP contribution in [0.3, 0.4) is 0 Å². The molecule has 4 nitrogen and oxygen atoms in total. The molecule has 3 aromatic rings. The first kappa shape index (κ1) is 14.9. The number of aromatic nitrogens is 1. The second-order valence-corrected chi connectivity index (χ2v) is 7.48. The Kier molecular flexibility index (Phi) is 3.95. The van der Waals surface area contributed by atoms with Crippen LogP contribution < -0.4 is 0 Å². The second-order valence-electron chi connectivity index (χ2n) is 5.63. The number of hydrogen-bond acceptors (Lipinski definition) is 4. The summed E-state index contributed by atoms with van der Waals surface area (Å²) in [5.74, 6) is 0.324. The summed E-state index contributed by atoms with van der Waals surface area (Å²) < 4.78 is 7.20. The van der Waals surface area contributed by atoms with Crippen LogP contribution >= 0.6 is 27.3 Å². The third-order valence-corrected chi connectivity index (χ3v) is 5.71. The van der Waals surface area contributed by atoms with Crippen molar-refractivity contribution in [2.24, 2.45) is 0 Å². The number of rotatable bonds is 2. The predicted octanol–water partition coefficient (Wildman–Crippen LogP) is 5.02. The van der Waals surface area contributed by atoms with Gasteiger partial charge in [-0.2, -0.15) is 0 Å². The van der Waals surface area contributed by atoms with Gasteiger partial charge in [-0.3, -0.25) is 4.79 Å². The molecule has 0 unspecified atom stereocenters. The summed E-state index contributed by atoms with van der Waals surface area (Å²) in [6, 6.07) is 11.6. The molecule has 118 valence electrons. The molecule has 0 spiro atoms. The third-order valence-electron chi connectivity index (χ3n) is 4.14. The van der Waals surface area contributed by atoms with Gasteiger partial charge in [-0.1, -0.05) is 12.1 Å². The monoisotopic (exact) mass is 390 g/mol. The van der Waals surface area contributed by atoms with E-state index in [2.05, 4.69) is 22.0 Å². The predicted molar refractivity (Wildman–Crippen MR) is 93.7 cm³/mol. The fourth-order valence-electron chi connectivity index (χ4n) is 3.03. The van der Waals surface area contributed by atoms with E-state index in [1.54, 1.807) is 23.5 Å². The maximum absolute atomic E-state index is 12.8. The van der Waals surface area contributed by atoms with E-state index in [0.29, 0.717) is 10.4 Å². The first-order chi connectivity index (χ1) is 11.2. The van der Waals surface area contributed by atoms with Crippen molar-refractivity contribution in [3.05, 3.63) is 51.8 Å². The van der Waals surface area contributed by atoms with Gasteiger partial charge in [0.05, 0.1) is 16.3 Å². The van der Waals surface area contributed by atoms with Gasteiger partial charge in [0, 0.05) is 6.54 Å². The zero-order valence-corrected chi connectivity index (χ0v) is 14.8. The smallest absolute Gasteiger partial charge is 0.290 e. The molecule has 1 fully saturated rings. The van der Waals surface area contributed by atoms with Crippen LogP contribution in [0.4, 0.5) is 0 Å². The number of furan rings is 1. The van der Waals surface area contributed by atoms with E-state index in [0.717, 1.165) is 36.3 Å². The highest BCUT2D eigenvalue weighted by atomic mass is 79.9. The third kappa shape index (κ3) is 2.81. The summed E-state index contributed by atoms with van der Waals surface area (Å²) in [5.41, 5.74) is 1.01. The van der Waals surface area contributed by atoms with Crippen molar-refractivity contribution in [3.63, 3.8) is 0 Å². The topological polar surface area (TPSA) is 46.3 Å². The van der Waals surface area contributed by atoms with Gasteiger partial charge in [-0.05, 0) is 59.5 Å². The lowest BCUT2D eigenvalue weighted by Gasteiger charge is -2.33. The lowest BCUT2D eigenvalue weighted by molar-refractivity contribution is 0.0577. The van der Waals surface area contributed by atoms with Crippen LogP contribution in [0.25, 0.3) is 10.2 Å². The Balaban J connectivity index is 1.68. The lowest BCUT2D eigenvalue weighted by Crippen LogP contribution is -2.38. The molecule has 0 bridgehead atoms. The number of halogens is 1. The molecule has 6 heteroatoms. The Morgan fingerprint density at radius 2 is 2.13 bits per heavy atom. The standard InChI is InChI=1S/C17H15BrN2O2S/c18-15-9-8-13(22-15)17(21)20-10-4-3-6-12(20)16-19-11-5-1-2-7-14(11)23-16/h1-2,5,7-9,12H,3-4,6,10H2/t12-/m0/s1. The molecule has 1 aliphatic heterocycles. The minimum Gasteiger partial charge on any atom is -0.444 e. The van der Waals surface area contributed by atoms with Gasteiger partial charge in [-0.25, -0.2) is 4.98 Å². The number of para-hydroxylation sites is 1. The van der Waals surface area contributed by atoms with Crippen molar-refractivity contribution in [2.75, 3.05) is 6.54 Å². The van der Waals surface area contributed by atoms with Crippen LogP contribution in [0, 0.1) is 0 Å². The number of nitrogens with zero attached hydrogens (tertiary/aromatic N) is 2. The molecule has 2 aromatic heterocycles. The average Bonchev–Trinajstić information content (AvgIpc) is 3.20. The second kappa shape index (κ2) is 6.09. The average molecular weight is 391 g/mol. The first-order valence-corrected chi connectivity index (χ1v) is 9.25. The minimum absolute atomic E-state index is 0.0394. The fourth-order valence-corrected chi connectivity index (χ4v) is 4.46. The molecule has 0 radical (unpaired) electrons. The molecule has 23 heavy (non-hydrogen) atoms. The van der Waals surface area contributed by atoms with E-state index in [4.69, 9.17) is 9.40 Å². The molecule has 4 rings (SSSR count). The molecular formula is C17H15BrN2O2S. The van der Waals surface area contributed by atoms with Crippen molar-refractivity contribution < 1.29 is 9.21 Å². The number of hydrogen-bond donors (Lipinski definition) is 0. The lowest BCUT2D eigenvalue weighted by atomic mass is 10.0. The van der Waals surface area contributed by atoms with E-state index in [-0.39, 0.29) is 11.9 Å². The number of amides is 1. The van der Waals surface area contributed by atoms with Crippen molar-refractivity contribution >= 4 is 43.4 Å². The van der Waals surface area contributed by atoms with Gasteiger partial charge in [0.15, 0.2) is 10.4 Å². The Hall–Kier alpha value is -1.66. The molecule has 1 amide bonds. The van der Waals surface area contributed by atoms with Crippen LogP contribution in [0.2, 0.25) is 0 Å². The number of likely N-dealkylation sites (tertiary alicyclic amines) is 1. The summed E-state index contributed by atoms with van der Waals surface area (Å²) in [6.45, 7) is 0.748. The molecule has 1 atom stereocenters. The van der Waals surface area contributed by atoms with E-state index in [1.807, 2.05) is 23.1 Å². The largest absolute Gasteiger partial charge is 0.444 e. The molecule has 1 saturated heterocycles.